The number of halogens is 1. The molecule has 1 atom stereocenters. The monoisotopic (exact) mass is 423 g/mol. The molecule has 3 aromatic rings. The molecule has 1 aromatic heterocycles. The van der Waals surface area contributed by atoms with Crippen LogP contribution in [0.4, 0.5) is 4.39 Å². The predicted molar refractivity (Wildman–Crippen MR) is 117 cm³/mol. The first-order valence-electron chi connectivity index (χ1n) is 10.3. The first-order chi connectivity index (χ1) is 14.9. The predicted octanol–water partition coefficient (Wildman–Crippen LogP) is 4.00. The molecule has 1 amide bonds. The summed E-state index contributed by atoms with van der Waals surface area (Å²) in [4.78, 5) is 26.3. The van der Waals surface area contributed by atoms with E-state index < -0.39 is 17.1 Å². The molecular weight excluding hydrogens is 397 g/mol. The van der Waals surface area contributed by atoms with Gasteiger partial charge in [-0.25, -0.2) is 4.39 Å². The summed E-state index contributed by atoms with van der Waals surface area (Å²) in [5, 5.41) is 16.1. The number of aromatic nitrogens is 2. The molecule has 7 heteroatoms. The van der Waals surface area contributed by atoms with Gasteiger partial charge in [-0.15, -0.1) is 0 Å². The molecule has 31 heavy (non-hydrogen) atoms. The Morgan fingerprint density at radius 3 is 2.55 bits per heavy atom. The van der Waals surface area contributed by atoms with Gasteiger partial charge in [0, 0.05) is 19.0 Å². The van der Waals surface area contributed by atoms with Crippen LogP contribution in [0, 0.1) is 12.7 Å². The van der Waals surface area contributed by atoms with Gasteiger partial charge >= 0.3 is 0 Å². The highest BCUT2D eigenvalue weighted by Crippen LogP contribution is 2.31. The fourth-order valence-corrected chi connectivity index (χ4v) is 3.74. The lowest BCUT2D eigenvalue weighted by Crippen LogP contribution is -2.35. The van der Waals surface area contributed by atoms with Gasteiger partial charge in [-0.05, 0) is 48.6 Å². The van der Waals surface area contributed by atoms with Crippen molar-refractivity contribution in [3.63, 3.8) is 0 Å². The Kier molecular flexibility index (Phi) is 7.18. The van der Waals surface area contributed by atoms with Crippen molar-refractivity contribution in [2.75, 3.05) is 13.1 Å². The van der Waals surface area contributed by atoms with Crippen molar-refractivity contribution in [2.24, 2.45) is 0 Å². The number of aromatic hydroxyl groups is 1. The Bertz CT molecular complexity index is 1100. The lowest BCUT2D eigenvalue weighted by atomic mass is 9.86. The number of hydrogen-bond donors (Lipinski definition) is 2. The van der Waals surface area contributed by atoms with E-state index in [4.69, 9.17) is 0 Å². The molecular formula is C24H26FN3O3. The standard InChI is InChI=1S/C24H26FN3O3/c1-3-13-28(24(31)22-23(30)21(29)15-26-27-22)14-12-20(17-8-10-18(25)11-9-17)19-7-5-4-6-16(19)2/h4-11,15,20H,3,12-14H2,1-2H3,(H,26,30)(H,27,29). The molecule has 162 valence electrons. The molecule has 0 saturated heterocycles. The van der Waals surface area contributed by atoms with Crippen molar-refractivity contribution in [1.29, 1.82) is 0 Å². The smallest absolute Gasteiger partial charge is 0.275 e. The summed E-state index contributed by atoms with van der Waals surface area (Å²) in [5.41, 5.74) is 2.25. The maximum Gasteiger partial charge on any atom is 0.275 e. The third kappa shape index (κ3) is 5.17. The van der Waals surface area contributed by atoms with Crippen molar-refractivity contribution in [3.8, 4) is 5.75 Å². The first-order valence-corrected chi connectivity index (χ1v) is 10.3. The molecule has 0 fully saturated rings. The number of benzene rings is 2. The van der Waals surface area contributed by atoms with Crippen molar-refractivity contribution in [2.45, 2.75) is 32.6 Å². The molecule has 0 aliphatic carbocycles. The minimum Gasteiger partial charge on any atom is -0.502 e. The molecule has 0 saturated carbocycles. The number of nitrogens with zero attached hydrogens (tertiary/aromatic N) is 2. The van der Waals surface area contributed by atoms with Gasteiger partial charge in [-0.1, -0.05) is 43.3 Å². The van der Waals surface area contributed by atoms with Gasteiger partial charge in [0.1, 0.15) is 5.82 Å². The molecule has 3 rings (SSSR count). The molecule has 2 aromatic carbocycles. The Hall–Kier alpha value is -3.48. The van der Waals surface area contributed by atoms with Gasteiger partial charge in [-0.3, -0.25) is 14.7 Å². The zero-order valence-corrected chi connectivity index (χ0v) is 17.6. The molecule has 6 nitrogen and oxygen atoms in total. The van der Waals surface area contributed by atoms with E-state index in [1.54, 1.807) is 17.0 Å². The van der Waals surface area contributed by atoms with Crippen LogP contribution in [0.1, 0.15) is 52.9 Å². The largest absolute Gasteiger partial charge is 0.502 e. The van der Waals surface area contributed by atoms with Gasteiger partial charge in [0.25, 0.3) is 5.91 Å². The van der Waals surface area contributed by atoms with E-state index in [2.05, 4.69) is 10.2 Å². The minimum absolute atomic E-state index is 0.0458. The lowest BCUT2D eigenvalue weighted by molar-refractivity contribution is 0.0741. The second-order valence-electron chi connectivity index (χ2n) is 7.50. The average Bonchev–Trinajstić information content (AvgIpc) is 2.76. The fraction of sp³-hybridized carbons (Fsp3) is 0.292. The number of carbonyl (C=O) groups excluding carboxylic acids is 1. The number of amides is 1. The van der Waals surface area contributed by atoms with Gasteiger partial charge in [-0.2, -0.15) is 5.10 Å². The summed E-state index contributed by atoms with van der Waals surface area (Å²) in [6.07, 6.45) is 2.23. The Balaban J connectivity index is 1.90. The van der Waals surface area contributed by atoms with Crippen molar-refractivity contribution in [3.05, 3.63) is 93.2 Å². The van der Waals surface area contributed by atoms with Crippen LogP contribution >= 0.6 is 0 Å². The van der Waals surface area contributed by atoms with Crippen LogP contribution in [-0.4, -0.2) is 39.2 Å². The summed E-state index contributed by atoms with van der Waals surface area (Å²) >= 11 is 0. The number of carbonyl (C=O) groups is 1. The molecule has 0 bridgehead atoms. The SMILES string of the molecule is CCCN(CCC(c1ccc(F)cc1)c1ccccc1C)C(=O)c1[nH]ncc(=O)c1O. The third-order valence-corrected chi connectivity index (χ3v) is 5.35. The van der Waals surface area contributed by atoms with Gasteiger partial charge in [0.05, 0.1) is 6.20 Å². The summed E-state index contributed by atoms with van der Waals surface area (Å²) in [6.45, 7) is 4.82. The molecule has 1 heterocycles. The normalized spacial score (nSPS) is 11.8. The van der Waals surface area contributed by atoms with Crippen LogP contribution in [0.3, 0.4) is 0 Å². The fourth-order valence-electron chi connectivity index (χ4n) is 3.74. The second-order valence-corrected chi connectivity index (χ2v) is 7.50. The topological polar surface area (TPSA) is 86.3 Å². The highest BCUT2D eigenvalue weighted by molar-refractivity contribution is 5.94. The molecule has 2 N–H and O–H groups in total. The van der Waals surface area contributed by atoms with Crippen molar-refractivity contribution in [1.82, 2.24) is 15.1 Å². The van der Waals surface area contributed by atoms with E-state index in [1.165, 1.54) is 12.1 Å². The summed E-state index contributed by atoms with van der Waals surface area (Å²) < 4.78 is 13.5. The Morgan fingerprint density at radius 1 is 1.16 bits per heavy atom. The van der Waals surface area contributed by atoms with Crippen molar-refractivity contribution >= 4 is 5.91 Å². The van der Waals surface area contributed by atoms with E-state index >= 15 is 0 Å². The van der Waals surface area contributed by atoms with E-state index in [0.717, 1.165) is 22.9 Å². The zero-order chi connectivity index (χ0) is 22.4. The van der Waals surface area contributed by atoms with Crippen LogP contribution in [0.25, 0.3) is 0 Å². The number of rotatable bonds is 8. The maximum absolute atomic E-state index is 13.5. The summed E-state index contributed by atoms with van der Waals surface area (Å²) in [6, 6.07) is 14.4. The quantitative estimate of drug-likeness (QED) is 0.573. The van der Waals surface area contributed by atoms with E-state index in [1.807, 2.05) is 38.1 Å². The summed E-state index contributed by atoms with van der Waals surface area (Å²) in [7, 11) is 0. The minimum atomic E-state index is -0.706. The van der Waals surface area contributed by atoms with E-state index in [9.17, 15) is 19.1 Å². The highest BCUT2D eigenvalue weighted by Gasteiger charge is 2.24. The molecule has 0 spiro atoms. The number of aromatic amines is 1. The lowest BCUT2D eigenvalue weighted by Gasteiger charge is -2.26. The Morgan fingerprint density at radius 2 is 1.87 bits per heavy atom. The number of hydrogen-bond acceptors (Lipinski definition) is 4. The second kappa shape index (κ2) is 10.0. The van der Waals surface area contributed by atoms with E-state index in [0.29, 0.717) is 25.9 Å². The Labute approximate surface area is 180 Å². The maximum atomic E-state index is 13.5. The van der Waals surface area contributed by atoms with Gasteiger partial charge in [0.15, 0.2) is 11.4 Å². The van der Waals surface area contributed by atoms with Crippen LogP contribution < -0.4 is 5.43 Å². The summed E-state index contributed by atoms with van der Waals surface area (Å²) in [5.74, 6) is -1.45. The van der Waals surface area contributed by atoms with E-state index in [-0.39, 0.29) is 17.4 Å². The number of H-pyrrole nitrogens is 1. The number of aryl methyl sites for hydroxylation is 1. The zero-order valence-electron chi connectivity index (χ0n) is 17.6. The molecule has 0 aliphatic rings. The van der Waals surface area contributed by atoms with Crippen LogP contribution in [0.15, 0.2) is 59.5 Å². The molecule has 0 aliphatic heterocycles. The van der Waals surface area contributed by atoms with Crippen LogP contribution in [0.2, 0.25) is 0 Å². The van der Waals surface area contributed by atoms with Crippen LogP contribution in [0.5, 0.6) is 5.75 Å². The number of nitrogens with one attached hydrogen (secondary N) is 1. The average molecular weight is 423 g/mol. The van der Waals surface area contributed by atoms with Gasteiger partial charge < -0.3 is 10.0 Å². The van der Waals surface area contributed by atoms with Crippen LogP contribution in [-0.2, 0) is 0 Å². The third-order valence-electron chi connectivity index (χ3n) is 5.35. The van der Waals surface area contributed by atoms with Crippen molar-refractivity contribution < 1.29 is 14.3 Å². The first kappa shape index (κ1) is 22.2. The molecule has 1 unspecified atom stereocenters. The highest BCUT2D eigenvalue weighted by atomic mass is 19.1. The van der Waals surface area contributed by atoms with Gasteiger partial charge in [0.2, 0.25) is 5.43 Å². The molecule has 0 radical (unpaired) electrons.